The molecule has 2 N–H and O–H groups in total. The van der Waals surface area contributed by atoms with Crippen LogP contribution in [-0.4, -0.2) is 122 Å². The first-order chi connectivity index (χ1) is 30.5. The van der Waals surface area contributed by atoms with E-state index in [4.69, 9.17) is 24.4 Å². The number of rotatable bonds is 13. The smallest absolute Gasteiger partial charge is 0.410 e. The van der Waals surface area contributed by atoms with Crippen LogP contribution >= 0.6 is 0 Å². The van der Waals surface area contributed by atoms with Gasteiger partial charge in [-0.2, -0.15) is 0 Å². The van der Waals surface area contributed by atoms with Crippen LogP contribution in [0.15, 0.2) is 124 Å². The SMILES string of the molecule is CCC1=C(C(=O)C=S(C)(C)=O)CN(C(=O)OCc2ccccc2)C1.CCC1=C(C(=O)O)CN(C(=O)OCc2ccccc2)C1.CCC1=C(C(=O)O)CN(C(=O)OCc2ccccc2)C1. The minimum absolute atomic E-state index is 0.117. The summed E-state index contributed by atoms with van der Waals surface area (Å²) in [5.74, 6) is -2.17. The summed E-state index contributed by atoms with van der Waals surface area (Å²) in [4.78, 5) is 74.9. The van der Waals surface area contributed by atoms with E-state index in [1.54, 1.807) is 0 Å². The van der Waals surface area contributed by atoms with E-state index in [1.165, 1.54) is 32.6 Å². The van der Waals surface area contributed by atoms with Crippen molar-refractivity contribution < 1.29 is 57.4 Å². The molecule has 0 aromatic heterocycles. The van der Waals surface area contributed by atoms with E-state index in [-0.39, 0.29) is 45.2 Å². The highest BCUT2D eigenvalue weighted by molar-refractivity contribution is 8.01. The Labute approximate surface area is 374 Å². The van der Waals surface area contributed by atoms with Gasteiger partial charge < -0.3 is 24.4 Å². The zero-order valence-electron chi connectivity index (χ0n) is 36.9. The molecule has 3 heterocycles. The number of Topliss-reactive ketones (excluding diaryl/α,β-unsaturated/α-hetero) is 1. The second kappa shape index (κ2) is 24.2. The quantitative estimate of drug-likeness (QED) is 0.130. The van der Waals surface area contributed by atoms with Gasteiger partial charge >= 0.3 is 30.2 Å². The van der Waals surface area contributed by atoms with Crippen LogP contribution in [0.5, 0.6) is 0 Å². The summed E-state index contributed by atoms with van der Waals surface area (Å²) < 4.78 is 27.5. The maximum Gasteiger partial charge on any atom is 0.410 e. The minimum Gasteiger partial charge on any atom is -0.478 e. The number of carboxylic acids is 2. The van der Waals surface area contributed by atoms with E-state index in [2.05, 4.69) is 0 Å². The molecule has 64 heavy (non-hydrogen) atoms. The molecule has 16 heteroatoms. The van der Waals surface area contributed by atoms with Gasteiger partial charge in [0.15, 0.2) is 5.78 Å². The molecule has 0 spiro atoms. The van der Waals surface area contributed by atoms with Gasteiger partial charge in [0, 0.05) is 43.1 Å². The summed E-state index contributed by atoms with van der Waals surface area (Å²) >= 11 is 0. The number of carboxylic acid groups (broad SMARTS) is 2. The molecule has 342 valence electrons. The van der Waals surface area contributed by atoms with Gasteiger partial charge in [-0.05, 0) is 62.2 Å². The molecular weight excluding hydrogens is 843 g/mol. The number of amides is 3. The Balaban J connectivity index is 0.000000212. The Morgan fingerprint density at radius 3 is 1.03 bits per heavy atom. The monoisotopic (exact) mass is 899 g/mol. The van der Waals surface area contributed by atoms with E-state index in [9.17, 15) is 33.0 Å². The maximum absolute atomic E-state index is 12.3. The third kappa shape index (κ3) is 15.3. The van der Waals surface area contributed by atoms with Gasteiger partial charge in [0.1, 0.15) is 19.8 Å². The van der Waals surface area contributed by atoms with Crippen LogP contribution in [0.3, 0.4) is 0 Å². The summed E-state index contributed by atoms with van der Waals surface area (Å²) in [5.41, 5.74) is 6.37. The van der Waals surface area contributed by atoms with Gasteiger partial charge in [-0.1, -0.05) is 112 Å². The molecule has 0 unspecified atom stereocenters. The molecule has 3 aliphatic heterocycles. The van der Waals surface area contributed by atoms with Gasteiger partial charge in [0.05, 0.1) is 30.8 Å². The summed E-state index contributed by atoms with van der Waals surface area (Å²) in [6, 6.07) is 28.2. The van der Waals surface area contributed by atoms with Crippen molar-refractivity contribution >= 4 is 50.9 Å². The summed E-state index contributed by atoms with van der Waals surface area (Å²) in [5, 5.41) is 19.4. The molecule has 0 aliphatic carbocycles. The average molecular weight is 900 g/mol. The van der Waals surface area contributed by atoms with Gasteiger partial charge in [-0.3, -0.25) is 23.7 Å². The lowest BCUT2D eigenvalue weighted by Gasteiger charge is -2.16. The standard InChI is InChI=1S/C18H23NO4S.2C15H17NO4/c1-4-15-10-19(11-16(15)17(20)13-24(2,3)22)18(21)23-12-14-8-6-5-7-9-14;2*1-2-12-8-16(9-13(12)14(17)18)15(19)20-10-11-6-4-3-5-7-11/h5-9,13H,4,10-12H2,1-3H3;2*3-7H,2,8-10H2,1H3,(H,17,18). The second-order valence-electron chi connectivity index (χ2n) is 15.4. The average Bonchev–Trinajstić information content (AvgIpc) is 4.05. The number of benzene rings is 3. The van der Waals surface area contributed by atoms with Crippen LogP contribution in [0.1, 0.15) is 56.7 Å². The Bertz CT molecular complexity index is 2260. The molecule has 0 bridgehead atoms. The van der Waals surface area contributed by atoms with Crippen molar-refractivity contribution in [2.24, 2.45) is 0 Å². The first kappa shape index (κ1) is 50.0. The minimum atomic E-state index is -2.27. The topological polar surface area (TPSA) is 197 Å². The van der Waals surface area contributed by atoms with Crippen molar-refractivity contribution in [3.63, 3.8) is 0 Å². The van der Waals surface area contributed by atoms with E-state index >= 15 is 0 Å². The molecule has 0 atom stereocenters. The predicted molar refractivity (Wildman–Crippen MR) is 243 cm³/mol. The van der Waals surface area contributed by atoms with E-state index in [0.717, 1.165) is 33.4 Å². The Morgan fingerprint density at radius 2 is 0.781 bits per heavy atom. The molecule has 3 aliphatic rings. The number of hydrogen-bond donors (Lipinski definition) is 2. The van der Waals surface area contributed by atoms with Crippen LogP contribution in [-0.2, 0) is 57.9 Å². The lowest BCUT2D eigenvalue weighted by Crippen LogP contribution is -2.30. The number of aliphatic carboxylic acids is 2. The molecule has 3 aromatic carbocycles. The lowest BCUT2D eigenvalue weighted by atomic mass is 10.1. The Kier molecular flexibility index (Phi) is 18.9. The first-order valence-electron chi connectivity index (χ1n) is 20.8. The number of carbonyl (C=O) groups is 6. The van der Waals surface area contributed by atoms with Crippen molar-refractivity contribution in [3.05, 3.63) is 141 Å². The third-order valence-electron chi connectivity index (χ3n) is 10.3. The van der Waals surface area contributed by atoms with E-state index in [1.807, 2.05) is 112 Å². The predicted octanol–water partition coefficient (Wildman–Crippen LogP) is 7.12. The summed E-state index contributed by atoms with van der Waals surface area (Å²) in [6.45, 7) is 7.81. The van der Waals surface area contributed by atoms with Gasteiger partial charge in [-0.25, -0.2) is 24.0 Å². The third-order valence-corrected chi connectivity index (χ3v) is 11.1. The number of nitrogens with zero attached hydrogens (tertiary/aromatic N) is 3. The fraction of sp³-hybridized carbons (Fsp3) is 0.354. The van der Waals surface area contributed by atoms with Crippen LogP contribution < -0.4 is 0 Å². The number of hydrogen-bond acceptors (Lipinski definition) is 10. The Morgan fingerprint density at radius 1 is 0.500 bits per heavy atom. The molecule has 6 rings (SSSR count). The molecule has 3 aromatic rings. The van der Waals surface area contributed by atoms with E-state index < -0.39 is 39.7 Å². The highest BCUT2D eigenvalue weighted by Crippen LogP contribution is 2.24. The van der Waals surface area contributed by atoms with Crippen molar-refractivity contribution in [2.75, 3.05) is 51.8 Å². The molecular formula is C48H57N3O12S. The second-order valence-corrected chi connectivity index (χ2v) is 18.3. The van der Waals surface area contributed by atoms with Gasteiger partial charge in [0.2, 0.25) is 0 Å². The van der Waals surface area contributed by atoms with Gasteiger partial charge in [0.25, 0.3) is 0 Å². The van der Waals surface area contributed by atoms with Crippen molar-refractivity contribution in [1.29, 1.82) is 0 Å². The molecule has 0 saturated heterocycles. The van der Waals surface area contributed by atoms with Crippen molar-refractivity contribution in [2.45, 2.75) is 59.9 Å². The summed E-state index contributed by atoms with van der Waals surface area (Å²) in [6.07, 6.45) is 3.59. The molecule has 0 fully saturated rings. The van der Waals surface area contributed by atoms with Crippen LogP contribution in [0, 0.1) is 0 Å². The van der Waals surface area contributed by atoms with Crippen LogP contribution in [0.25, 0.3) is 0 Å². The first-order valence-corrected chi connectivity index (χ1v) is 23.3. The molecule has 0 radical (unpaired) electrons. The maximum atomic E-state index is 12.3. The zero-order valence-corrected chi connectivity index (χ0v) is 37.8. The molecule has 0 saturated carbocycles. The van der Waals surface area contributed by atoms with Gasteiger partial charge in [-0.15, -0.1) is 0 Å². The van der Waals surface area contributed by atoms with Crippen LogP contribution in [0.4, 0.5) is 14.4 Å². The van der Waals surface area contributed by atoms with Crippen LogP contribution in [0.2, 0.25) is 0 Å². The summed E-state index contributed by atoms with van der Waals surface area (Å²) in [7, 11) is -2.27. The number of ketones is 1. The fourth-order valence-electron chi connectivity index (χ4n) is 6.87. The zero-order chi connectivity index (χ0) is 46.8. The Hall–Kier alpha value is -6.68. The number of carbonyl (C=O) groups excluding carboxylic acids is 4. The lowest BCUT2D eigenvalue weighted by molar-refractivity contribution is -0.133. The highest BCUT2D eigenvalue weighted by atomic mass is 32.2. The number of ether oxygens (including phenoxy) is 3. The normalized spacial score (nSPS) is 14.6. The van der Waals surface area contributed by atoms with E-state index in [0.29, 0.717) is 55.6 Å². The fourth-order valence-corrected chi connectivity index (χ4v) is 7.52. The largest absolute Gasteiger partial charge is 0.478 e. The molecule has 15 nitrogen and oxygen atoms in total. The van der Waals surface area contributed by atoms with Crippen molar-refractivity contribution in [3.8, 4) is 0 Å². The highest BCUT2D eigenvalue weighted by Gasteiger charge is 2.31. The molecule has 3 amide bonds. The van der Waals surface area contributed by atoms with Crippen molar-refractivity contribution in [1.82, 2.24) is 14.7 Å².